The van der Waals surface area contributed by atoms with Crippen LogP contribution < -0.4 is 0 Å². The maximum atomic E-state index is 5.68. The molecular weight excluding hydrogens is 136 g/mol. The lowest BCUT2D eigenvalue weighted by Crippen LogP contribution is -2.24. The van der Waals surface area contributed by atoms with Crippen molar-refractivity contribution in [1.29, 1.82) is 0 Å². The molecule has 3 unspecified atom stereocenters. The Bertz CT molecular complexity index is 162. The monoisotopic (exact) mass is 154 g/mol. The van der Waals surface area contributed by atoms with Crippen molar-refractivity contribution in [3.8, 4) is 0 Å². The standard InChI is InChI=1S/C10H18O/c1-7-6-9-8(4-5-11-9)10(7,2)3/h7-9H,4-6H2,1-3H3. The van der Waals surface area contributed by atoms with Gasteiger partial charge < -0.3 is 4.74 Å². The molecule has 1 nitrogen and oxygen atoms in total. The summed E-state index contributed by atoms with van der Waals surface area (Å²) in [4.78, 5) is 0. The summed E-state index contributed by atoms with van der Waals surface area (Å²) >= 11 is 0. The highest BCUT2D eigenvalue weighted by Gasteiger charge is 2.49. The number of ether oxygens (including phenoxy) is 1. The van der Waals surface area contributed by atoms with Gasteiger partial charge in [-0.25, -0.2) is 0 Å². The van der Waals surface area contributed by atoms with Gasteiger partial charge in [0.2, 0.25) is 0 Å². The molecule has 0 spiro atoms. The van der Waals surface area contributed by atoms with E-state index in [1.54, 1.807) is 0 Å². The first-order chi connectivity index (χ1) is 5.12. The molecule has 0 bridgehead atoms. The molecule has 0 radical (unpaired) electrons. The van der Waals surface area contributed by atoms with Crippen LogP contribution >= 0.6 is 0 Å². The van der Waals surface area contributed by atoms with Crippen LogP contribution in [0.2, 0.25) is 0 Å². The largest absolute Gasteiger partial charge is 0.378 e. The normalized spacial score (nSPS) is 47.7. The molecule has 1 heteroatoms. The van der Waals surface area contributed by atoms with Crippen LogP contribution in [0.3, 0.4) is 0 Å². The van der Waals surface area contributed by atoms with Gasteiger partial charge in [0.1, 0.15) is 0 Å². The molecule has 64 valence electrons. The van der Waals surface area contributed by atoms with Gasteiger partial charge in [-0.15, -0.1) is 0 Å². The number of hydrogen-bond donors (Lipinski definition) is 0. The zero-order chi connectivity index (χ0) is 8.06. The summed E-state index contributed by atoms with van der Waals surface area (Å²) in [7, 11) is 0. The minimum Gasteiger partial charge on any atom is -0.378 e. The van der Waals surface area contributed by atoms with Crippen LogP contribution in [-0.2, 0) is 4.74 Å². The predicted molar refractivity (Wildman–Crippen MR) is 45.4 cm³/mol. The summed E-state index contributed by atoms with van der Waals surface area (Å²) in [5.74, 6) is 1.69. The second-order valence-corrected chi connectivity index (χ2v) is 4.76. The van der Waals surface area contributed by atoms with Crippen LogP contribution in [0.15, 0.2) is 0 Å². The van der Waals surface area contributed by atoms with Gasteiger partial charge in [0.15, 0.2) is 0 Å². The summed E-state index contributed by atoms with van der Waals surface area (Å²) in [5, 5.41) is 0. The van der Waals surface area contributed by atoms with Crippen molar-refractivity contribution in [2.75, 3.05) is 6.61 Å². The van der Waals surface area contributed by atoms with Gasteiger partial charge in [0.05, 0.1) is 6.10 Å². The van der Waals surface area contributed by atoms with Gasteiger partial charge >= 0.3 is 0 Å². The third kappa shape index (κ3) is 0.936. The molecule has 11 heavy (non-hydrogen) atoms. The minimum atomic E-state index is 0.529. The molecule has 2 fully saturated rings. The Balaban J connectivity index is 2.20. The van der Waals surface area contributed by atoms with Gasteiger partial charge in [0.25, 0.3) is 0 Å². The first kappa shape index (κ1) is 7.60. The summed E-state index contributed by atoms with van der Waals surface area (Å²) in [6, 6.07) is 0. The fourth-order valence-electron chi connectivity index (χ4n) is 2.75. The molecule has 0 amide bonds. The molecule has 1 heterocycles. The molecule has 2 rings (SSSR count). The molecule has 2 aliphatic rings. The Morgan fingerprint density at radius 1 is 1.36 bits per heavy atom. The van der Waals surface area contributed by atoms with E-state index in [0.29, 0.717) is 11.5 Å². The molecular formula is C10H18O. The topological polar surface area (TPSA) is 9.23 Å². The molecule has 1 aliphatic heterocycles. The first-order valence-corrected chi connectivity index (χ1v) is 4.74. The number of hydrogen-bond acceptors (Lipinski definition) is 1. The van der Waals surface area contributed by atoms with E-state index < -0.39 is 0 Å². The van der Waals surface area contributed by atoms with Crippen molar-refractivity contribution >= 4 is 0 Å². The lowest BCUT2D eigenvalue weighted by molar-refractivity contribution is 0.0943. The van der Waals surface area contributed by atoms with Crippen molar-refractivity contribution in [3.05, 3.63) is 0 Å². The maximum Gasteiger partial charge on any atom is 0.0612 e. The molecule has 1 saturated heterocycles. The predicted octanol–water partition coefficient (Wildman–Crippen LogP) is 2.46. The zero-order valence-electron chi connectivity index (χ0n) is 7.76. The molecule has 0 aromatic heterocycles. The van der Waals surface area contributed by atoms with E-state index in [1.165, 1.54) is 12.8 Å². The van der Waals surface area contributed by atoms with Gasteiger partial charge in [-0.2, -0.15) is 0 Å². The van der Waals surface area contributed by atoms with E-state index >= 15 is 0 Å². The quantitative estimate of drug-likeness (QED) is 0.521. The third-order valence-corrected chi connectivity index (χ3v) is 4.02. The van der Waals surface area contributed by atoms with Crippen LogP contribution in [0.5, 0.6) is 0 Å². The maximum absolute atomic E-state index is 5.68. The Labute approximate surface area is 69.1 Å². The highest BCUT2D eigenvalue weighted by Crippen LogP contribution is 2.52. The van der Waals surface area contributed by atoms with Crippen LogP contribution in [-0.4, -0.2) is 12.7 Å². The van der Waals surface area contributed by atoms with E-state index in [9.17, 15) is 0 Å². The van der Waals surface area contributed by atoms with E-state index in [1.807, 2.05) is 0 Å². The van der Waals surface area contributed by atoms with Crippen LogP contribution in [0.4, 0.5) is 0 Å². The number of fused-ring (bicyclic) bond motifs is 1. The van der Waals surface area contributed by atoms with Gasteiger partial charge in [0, 0.05) is 6.61 Å². The molecule has 0 N–H and O–H groups in total. The number of rotatable bonds is 0. The van der Waals surface area contributed by atoms with Crippen molar-refractivity contribution < 1.29 is 4.74 Å². The Morgan fingerprint density at radius 3 is 2.73 bits per heavy atom. The summed E-state index contributed by atoms with van der Waals surface area (Å²) in [6.07, 6.45) is 3.18. The fourth-order valence-corrected chi connectivity index (χ4v) is 2.75. The third-order valence-electron chi connectivity index (χ3n) is 4.02. The summed E-state index contributed by atoms with van der Waals surface area (Å²) < 4.78 is 5.68. The van der Waals surface area contributed by atoms with E-state index in [4.69, 9.17) is 4.74 Å². The molecule has 1 aliphatic carbocycles. The van der Waals surface area contributed by atoms with Crippen molar-refractivity contribution in [3.63, 3.8) is 0 Å². The van der Waals surface area contributed by atoms with Gasteiger partial charge in [-0.05, 0) is 30.1 Å². The van der Waals surface area contributed by atoms with E-state index in [-0.39, 0.29) is 0 Å². The van der Waals surface area contributed by atoms with E-state index in [0.717, 1.165) is 18.4 Å². The summed E-state index contributed by atoms with van der Waals surface area (Å²) in [5.41, 5.74) is 0.529. The average Bonchev–Trinajstić information content (AvgIpc) is 2.41. The smallest absolute Gasteiger partial charge is 0.0612 e. The molecule has 3 atom stereocenters. The lowest BCUT2D eigenvalue weighted by Gasteiger charge is -2.29. The van der Waals surface area contributed by atoms with Gasteiger partial charge in [-0.3, -0.25) is 0 Å². The highest BCUT2D eigenvalue weighted by molar-refractivity contribution is 4.98. The Kier molecular flexibility index (Phi) is 1.54. The lowest BCUT2D eigenvalue weighted by atomic mass is 9.75. The second kappa shape index (κ2) is 2.22. The van der Waals surface area contributed by atoms with Crippen molar-refractivity contribution in [2.24, 2.45) is 17.3 Å². The molecule has 1 saturated carbocycles. The molecule has 0 aromatic rings. The fraction of sp³-hybridized carbons (Fsp3) is 1.00. The highest BCUT2D eigenvalue weighted by atomic mass is 16.5. The van der Waals surface area contributed by atoms with Crippen LogP contribution in [0, 0.1) is 17.3 Å². The summed E-state index contributed by atoms with van der Waals surface area (Å²) in [6.45, 7) is 8.17. The van der Waals surface area contributed by atoms with Crippen LogP contribution in [0.25, 0.3) is 0 Å². The average molecular weight is 154 g/mol. The zero-order valence-corrected chi connectivity index (χ0v) is 7.76. The molecule has 0 aromatic carbocycles. The SMILES string of the molecule is CC1CC2OCCC2C1(C)C. The minimum absolute atomic E-state index is 0.529. The van der Waals surface area contributed by atoms with Crippen molar-refractivity contribution in [2.45, 2.75) is 39.7 Å². The second-order valence-electron chi connectivity index (χ2n) is 4.76. The van der Waals surface area contributed by atoms with E-state index in [2.05, 4.69) is 20.8 Å². The Hall–Kier alpha value is -0.0400. The van der Waals surface area contributed by atoms with Crippen LogP contribution in [0.1, 0.15) is 33.6 Å². The first-order valence-electron chi connectivity index (χ1n) is 4.74. The Morgan fingerprint density at radius 2 is 2.09 bits per heavy atom. The van der Waals surface area contributed by atoms with Crippen molar-refractivity contribution in [1.82, 2.24) is 0 Å². The van der Waals surface area contributed by atoms with Gasteiger partial charge in [-0.1, -0.05) is 20.8 Å².